The van der Waals surface area contributed by atoms with Crippen LogP contribution in [0.25, 0.3) is 0 Å². The van der Waals surface area contributed by atoms with Crippen molar-refractivity contribution in [3.8, 4) is 0 Å². The van der Waals surface area contributed by atoms with E-state index in [4.69, 9.17) is 0 Å². The third kappa shape index (κ3) is 5.26. The van der Waals surface area contributed by atoms with Crippen LogP contribution in [0.1, 0.15) is 26.5 Å². The van der Waals surface area contributed by atoms with Crippen LogP contribution < -0.4 is 5.32 Å². The molecule has 0 unspecified atom stereocenters. The van der Waals surface area contributed by atoms with Gasteiger partial charge in [0, 0.05) is 42.8 Å². The third-order valence-electron chi connectivity index (χ3n) is 4.80. The van der Waals surface area contributed by atoms with Crippen LogP contribution in [0.2, 0.25) is 0 Å². The minimum absolute atomic E-state index is 0. The minimum atomic E-state index is -3.36. The first-order chi connectivity index (χ1) is 13.9. The number of sulfone groups is 1. The van der Waals surface area contributed by atoms with Crippen LogP contribution in [0.3, 0.4) is 0 Å². The molecule has 9 heteroatoms. The van der Waals surface area contributed by atoms with Crippen molar-refractivity contribution < 1.29 is 13.2 Å². The highest BCUT2D eigenvalue weighted by Crippen LogP contribution is 2.29. The molecule has 3 aromatic rings. The standard InChI is InChI=1S/C21H21N3O3S2.ClH/c1-29(26,27)17-9-5-8-16(12-17)20(25)23-21-22-18-10-11-24(14-19(18)28-21)13-15-6-3-2-4-7-15;/h2-9,12H,10-11,13-14H2,1H3,(H,22,23,25);1H. The maximum atomic E-state index is 12.6. The normalized spacial score (nSPS) is 13.9. The summed E-state index contributed by atoms with van der Waals surface area (Å²) in [6.45, 7) is 2.62. The molecule has 158 valence electrons. The number of benzene rings is 2. The number of thiazole rings is 1. The summed E-state index contributed by atoms with van der Waals surface area (Å²) in [6.07, 6.45) is 1.97. The molecule has 0 spiro atoms. The van der Waals surface area contributed by atoms with E-state index < -0.39 is 9.84 Å². The van der Waals surface area contributed by atoms with E-state index in [0.717, 1.165) is 42.9 Å². The lowest BCUT2D eigenvalue weighted by Gasteiger charge is -2.25. The number of carbonyl (C=O) groups is 1. The second-order valence-electron chi connectivity index (χ2n) is 7.09. The number of amides is 1. The largest absolute Gasteiger partial charge is 0.298 e. The van der Waals surface area contributed by atoms with E-state index in [9.17, 15) is 13.2 Å². The van der Waals surface area contributed by atoms with Gasteiger partial charge in [0.15, 0.2) is 15.0 Å². The Morgan fingerprint density at radius 2 is 1.93 bits per heavy atom. The van der Waals surface area contributed by atoms with Gasteiger partial charge < -0.3 is 0 Å². The van der Waals surface area contributed by atoms with Gasteiger partial charge in [0.1, 0.15) is 0 Å². The lowest BCUT2D eigenvalue weighted by Crippen LogP contribution is -2.29. The molecule has 1 aromatic heterocycles. The number of hydrogen-bond donors (Lipinski definition) is 1. The van der Waals surface area contributed by atoms with E-state index in [1.807, 2.05) is 18.2 Å². The van der Waals surface area contributed by atoms with Crippen molar-refractivity contribution in [2.75, 3.05) is 18.1 Å². The fourth-order valence-electron chi connectivity index (χ4n) is 3.32. The van der Waals surface area contributed by atoms with Gasteiger partial charge in [-0.2, -0.15) is 0 Å². The van der Waals surface area contributed by atoms with Gasteiger partial charge in [-0.3, -0.25) is 15.0 Å². The Morgan fingerprint density at radius 1 is 1.17 bits per heavy atom. The Bertz CT molecular complexity index is 1150. The van der Waals surface area contributed by atoms with Crippen LogP contribution in [-0.4, -0.2) is 37.0 Å². The van der Waals surface area contributed by atoms with Gasteiger partial charge in [-0.1, -0.05) is 36.4 Å². The second-order valence-corrected chi connectivity index (χ2v) is 10.2. The molecule has 2 aromatic carbocycles. The van der Waals surface area contributed by atoms with Crippen LogP contribution in [-0.2, 0) is 29.3 Å². The SMILES string of the molecule is CS(=O)(=O)c1cccc(C(=O)Nc2nc3c(s2)CN(Cc2ccccc2)CC3)c1.Cl. The predicted octanol–water partition coefficient (Wildman–Crippen LogP) is 3.78. The van der Waals surface area contributed by atoms with Crippen molar-refractivity contribution in [2.45, 2.75) is 24.4 Å². The van der Waals surface area contributed by atoms with Gasteiger partial charge in [0.25, 0.3) is 5.91 Å². The molecule has 1 aliphatic heterocycles. The summed E-state index contributed by atoms with van der Waals surface area (Å²) in [5.74, 6) is -0.359. The van der Waals surface area contributed by atoms with Crippen molar-refractivity contribution in [3.63, 3.8) is 0 Å². The molecule has 0 bridgehead atoms. The van der Waals surface area contributed by atoms with E-state index in [2.05, 4.69) is 27.3 Å². The van der Waals surface area contributed by atoms with Crippen molar-refractivity contribution in [1.29, 1.82) is 0 Å². The molecule has 30 heavy (non-hydrogen) atoms. The first kappa shape index (κ1) is 22.4. The van der Waals surface area contributed by atoms with Gasteiger partial charge in [-0.05, 0) is 23.8 Å². The van der Waals surface area contributed by atoms with Gasteiger partial charge in [0.2, 0.25) is 0 Å². The monoisotopic (exact) mass is 463 g/mol. The Kier molecular flexibility index (Phi) is 6.92. The summed E-state index contributed by atoms with van der Waals surface area (Å²) >= 11 is 1.48. The van der Waals surface area contributed by atoms with Crippen molar-refractivity contribution in [2.24, 2.45) is 0 Å². The molecule has 0 saturated heterocycles. The van der Waals surface area contributed by atoms with E-state index in [1.165, 1.54) is 29.0 Å². The number of fused-ring (bicyclic) bond motifs is 1. The summed E-state index contributed by atoms with van der Waals surface area (Å²) in [5.41, 5.74) is 2.60. The first-order valence-corrected chi connectivity index (χ1v) is 12.0. The maximum absolute atomic E-state index is 12.6. The average Bonchev–Trinajstić information content (AvgIpc) is 3.09. The molecule has 4 rings (SSSR count). The number of nitrogens with zero attached hydrogens (tertiary/aromatic N) is 2. The highest BCUT2D eigenvalue weighted by atomic mass is 35.5. The Morgan fingerprint density at radius 3 is 2.67 bits per heavy atom. The van der Waals surface area contributed by atoms with E-state index >= 15 is 0 Å². The lowest BCUT2D eigenvalue weighted by molar-refractivity contribution is 0.102. The van der Waals surface area contributed by atoms with Gasteiger partial charge in [0.05, 0.1) is 10.6 Å². The van der Waals surface area contributed by atoms with Gasteiger partial charge in [-0.25, -0.2) is 13.4 Å². The zero-order valence-electron chi connectivity index (χ0n) is 16.4. The van der Waals surface area contributed by atoms with Crippen LogP contribution >= 0.6 is 23.7 Å². The first-order valence-electron chi connectivity index (χ1n) is 9.25. The minimum Gasteiger partial charge on any atom is -0.298 e. The van der Waals surface area contributed by atoms with Crippen LogP contribution in [0.15, 0.2) is 59.5 Å². The summed E-state index contributed by atoms with van der Waals surface area (Å²) in [7, 11) is -3.36. The van der Waals surface area contributed by atoms with E-state index in [-0.39, 0.29) is 23.2 Å². The molecule has 2 heterocycles. The Balaban J connectivity index is 0.00000256. The molecular formula is C21H22ClN3O3S2. The summed E-state index contributed by atoms with van der Waals surface area (Å²) in [6, 6.07) is 16.4. The highest BCUT2D eigenvalue weighted by molar-refractivity contribution is 7.90. The zero-order valence-corrected chi connectivity index (χ0v) is 18.8. The molecule has 1 aliphatic rings. The molecule has 1 N–H and O–H groups in total. The van der Waals surface area contributed by atoms with Gasteiger partial charge in [-0.15, -0.1) is 23.7 Å². The number of nitrogens with one attached hydrogen (secondary N) is 1. The lowest BCUT2D eigenvalue weighted by atomic mass is 10.1. The van der Waals surface area contributed by atoms with Gasteiger partial charge >= 0.3 is 0 Å². The fourth-order valence-corrected chi connectivity index (χ4v) is 5.03. The Labute approximate surface area is 186 Å². The van der Waals surface area contributed by atoms with Crippen molar-refractivity contribution in [3.05, 3.63) is 76.3 Å². The maximum Gasteiger partial charge on any atom is 0.257 e. The molecule has 0 radical (unpaired) electrons. The molecule has 0 saturated carbocycles. The number of halogens is 1. The number of anilines is 1. The second kappa shape index (κ2) is 9.26. The predicted molar refractivity (Wildman–Crippen MR) is 121 cm³/mol. The molecular weight excluding hydrogens is 442 g/mol. The fraction of sp³-hybridized carbons (Fsp3) is 0.238. The van der Waals surface area contributed by atoms with Crippen LogP contribution in [0.5, 0.6) is 0 Å². The average molecular weight is 464 g/mol. The smallest absolute Gasteiger partial charge is 0.257 e. The molecule has 6 nitrogen and oxygen atoms in total. The highest BCUT2D eigenvalue weighted by Gasteiger charge is 2.22. The quantitative estimate of drug-likeness (QED) is 0.622. The summed E-state index contributed by atoms with van der Waals surface area (Å²) in [5, 5.41) is 3.36. The molecule has 0 fully saturated rings. The van der Waals surface area contributed by atoms with Crippen LogP contribution in [0.4, 0.5) is 5.13 Å². The molecule has 0 atom stereocenters. The number of carbonyl (C=O) groups excluding carboxylic acids is 1. The summed E-state index contributed by atoms with van der Waals surface area (Å²) in [4.78, 5) is 20.8. The number of aromatic nitrogens is 1. The molecule has 1 amide bonds. The summed E-state index contributed by atoms with van der Waals surface area (Å²) < 4.78 is 23.4. The third-order valence-corrected chi connectivity index (χ3v) is 6.91. The van der Waals surface area contributed by atoms with E-state index in [1.54, 1.807) is 12.1 Å². The van der Waals surface area contributed by atoms with Crippen LogP contribution in [0, 0.1) is 0 Å². The number of hydrogen-bond acceptors (Lipinski definition) is 6. The Hall–Kier alpha value is -2.26. The van der Waals surface area contributed by atoms with E-state index in [0.29, 0.717) is 10.7 Å². The van der Waals surface area contributed by atoms with Crippen molar-refractivity contribution in [1.82, 2.24) is 9.88 Å². The molecule has 0 aliphatic carbocycles. The topological polar surface area (TPSA) is 79.4 Å². The zero-order chi connectivity index (χ0) is 20.4. The van der Waals surface area contributed by atoms with Crippen molar-refractivity contribution >= 4 is 44.6 Å². The number of rotatable bonds is 5.